The Labute approximate surface area is 116 Å². The molecular formula is C15H26N4. The summed E-state index contributed by atoms with van der Waals surface area (Å²) in [5.74, 6) is 1.71. The van der Waals surface area contributed by atoms with Crippen molar-refractivity contribution in [2.75, 3.05) is 26.2 Å². The fourth-order valence-electron chi connectivity index (χ4n) is 2.80. The topological polar surface area (TPSA) is 41.1 Å². The monoisotopic (exact) mass is 262 g/mol. The van der Waals surface area contributed by atoms with E-state index in [9.17, 15) is 0 Å². The third kappa shape index (κ3) is 4.88. The molecule has 1 aromatic heterocycles. The van der Waals surface area contributed by atoms with Gasteiger partial charge in [0.15, 0.2) is 0 Å². The highest BCUT2D eigenvalue weighted by Crippen LogP contribution is 2.15. The van der Waals surface area contributed by atoms with Gasteiger partial charge >= 0.3 is 0 Å². The lowest BCUT2D eigenvalue weighted by Gasteiger charge is -2.29. The summed E-state index contributed by atoms with van der Waals surface area (Å²) in [6.45, 7) is 9.89. The van der Waals surface area contributed by atoms with Crippen LogP contribution in [0, 0.1) is 12.8 Å². The van der Waals surface area contributed by atoms with Gasteiger partial charge in [0.2, 0.25) is 0 Å². The maximum absolute atomic E-state index is 4.52. The predicted octanol–water partition coefficient (Wildman–Crippen LogP) is 2.00. The number of hydrogen-bond donors (Lipinski definition) is 1. The average molecular weight is 262 g/mol. The molecule has 1 aliphatic rings. The number of rotatable bonds is 6. The first-order valence-electron chi connectivity index (χ1n) is 7.49. The standard InChI is InChI=1S/C15H26N4/c1-3-10-19(11-14-4-7-16-8-5-14)12-15-6-9-17-13(2)18-15/h6,9,14,16H,3-5,7-8,10-12H2,1-2H3. The van der Waals surface area contributed by atoms with Gasteiger partial charge in [0.1, 0.15) is 5.82 Å². The molecule has 0 unspecified atom stereocenters. The summed E-state index contributed by atoms with van der Waals surface area (Å²) in [5, 5.41) is 3.44. The van der Waals surface area contributed by atoms with Gasteiger partial charge in [-0.1, -0.05) is 6.92 Å². The molecule has 1 fully saturated rings. The molecule has 0 spiro atoms. The number of nitrogens with zero attached hydrogens (tertiary/aromatic N) is 3. The van der Waals surface area contributed by atoms with Crippen LogP contribution in [-0.2, 0) is 6.54 Å². The van der Waals surface area contributed by atoms with Crippen molar-refractivity contribution in [1.82, 2.24) is 20.2 Å². The van der Waals surface area contributed by atoms with E-state index >= 15 is 0 Å². The third-order valence-corrected chi connectivity index (χ3v) is 3.73. The molecule has 4 nitrogen and oxygen atoms in total. The molecule has 1 aromatic rings. The van der Waals surface area contributed by atoms with E-state index in [1.165, 1.54) is 38.9 Å². The van der Waals surface area contributed by atoms with Crippen molar-refractivity contribution in [3.8, 4) is 0 Å². The van der Waals surface area contributed by atoms with Crippen molar-refractivity contribution in [3.63, 3.8) is 0 Å². The number of aryl methyl sites for hydroxylation is 1. The van der Waals surface area contributed by atoms with Gasteiger partial charge in [-0.2, -0.15) is 0 Å². The molecule has 106 valence electrons. The van der Waals surface area contributed by atoms with Crippen LogP contribution in [0.5, 0.6) is 0 Å². The van der Waals surface area contributed by atoms with Crippen LogP contribution in [0.1, 0.15) is 37.7 Å². The van der Waals surface area contributed by atoms with Crippen molar-refractivity contribution in [2.45, 2.75) is 39.7 Å². The molecule has 0 aliphatic carbocycles. The van der Waals surface area contributed by atoms with E-state index in [0.717, 1.165) is 30.5 Å². The van der Waals surface area contributed by atoms with Crippen LogP contribution in [-0.4, -0.2) is 41.0 Å². The highest BCUT2D eigenvalue weighted by atomic mass is 15.1. The van der Waals surface area contributed by atoms with Gasteiger partial charge in [-0.05, 0) is 57.8 Å². The van der Waals surface area contributed by atoms with Crippen molar-refractivity contribution >= 4 is 0 Å². The molecule has 4 heteroatoms. The Morgan fingerprint density at radius 2 is 2.16 bits per heavy atom. The maximum atomic E-state index is 4.52. The summed E-state index contributed by atoms with van der Waals surface area (Å²) in [5.41, 5.74) is 1.15. The first kappa shape index (κ1) is 14.4. The minimum absolute atomic E-state index is 0.843. The van der Waals surface area contributed by atoms with Gasteiger partial charge in [-0.3, -0.25) is 4.90 Å². The van der Waals surface area contributed by atoms with Crippen LogP contribution in [0.15, 0.2) is 12.3 Å². The van der Waals surface area contributed by atoms with Gasteiger partial charge in [-0.25, -0.2) is 9.97 Å². The van der Waals surface area contributed by atoms with E-state index < -0.39 is 0 Å². The average Bonchev–Trinajstić information content (AvgIpc) is 2.40. The molecule has 1 N–H and O–H groups in total. The Morgan fingerprint density at radius 1 is 1.37 bits per heavy atom. The normalized spacial score (nSPS) is 17.0. The molecule has 1 saturated heterocycles. The van der Waals surface area contributed by atoms with E-state index in [1.807, 2.05) is 19.2 Å². The van der Waals surface area contributed by atoms with Gasteiger partial charge in [0, 0.05) is 19.3 Å². The van der Waals surface area contributed by atoms with Crippen LogP contribution in [0.4, 0.5) is 0 Å². The van der Waals surface area contributed by atoms with Crippen LogP contribution < -0.4 is 5.32 Å². The number of hydrogen-bond acceptors (Lipinski definition) is 4. The quantitative estimate of drug-likeness (QED) is 0.851. The van der Waals surface area contributed by atoms with E-state index in [-0.39, 0.29) is 0 Å². The molecule has 1 aliphatic heterocycles. The van der Waals surface area contributed by atoms with Crippen LogP contribution in [0.3, 0.4) is 0 Å². The second-order valence-corrected chi connectivity index (χ2v) is 5.52. The zero-order valence-electron chi connectivity index (χ0n) is 12.2. The highest BCUT2D eigenvalue weighted by molar-refractivity contribution is 5.01. The Hall–Kier alpha value is -1.00. The number of piperidine rings is 1. The van der Waals surface area contributed by atoms with Crippen LogP contribution >= 0.6 is 0 Å². The SMILES string of the molecule is CCCN(Cc1ccnc(C)n1)CC1CCNCC1. The molecule has 0 atom stereocenters. The smallest absolute Gasteiger partial charge is 0.125 e. The zero-order valence-corrected chi connectivity index (χ0v) is 12.2. The van der Waals surface area contributed by atoms with Gasteiger partial charge < -0.3 is 5.32 Å². The van der Waals surface area contributed by atoms with E-state index in [1.54, 1.807) is 0 Å². The Bertz CT molecular complexity index is 374. The van der Waals surface area contributed by atoms with E-state index in [2.05, 4.69) is 27.1 Å². The lowest BCUT2D eigenvalue weighted by atomic mass is 9.97. The summed E-state index contributed by atoms with van der Waals surface area (Å²) in [6.07, 6.45) is 5.69. The maximum Gasteiger partial charge on any atom is 0.125 e. The fourth-order valence-corrected chi connectivity index (χ4v) is 2.80. The molecule has 2 rings (SSSR count). The molecule has 0 amide bonds. The van der Waals surface area contributed by atoms with Crippen molar-refractivity contribution in [3.05, 3.63) is 23.8 Å². The van der Waals surface area contributed by atoms with Gasteiger partial charge in [-0.15, -0.1) is 0 Å². The Morgan fingerprint density at radius 3 is 2.84 bits per heavy atom. The molecule has 2 heterocycles. The molecule has 0 radical (unpaired) electrons. The molecule has 0 saturated carbocycles. The van der Waals surface area contributed by atoms with Crippen LogP contribution in [0.25, 0.3) is 0 Å². The minimum Gasteiger partial charge on any atom is -0.317 e. The summed E-state index contributed by atoms with van der Waals surface area (Å²) in [6, 6.07) is 2.04. The second-order valence-electron chi connectivity index (χ2n) is 5.52. The zero-order chi connectivity index (χ0) is 13.5. The van der Waals surface area contributed by atoms with Crippen molar-refractivity contribution in [2.24, 2.45) is 5.92 Å². The summed E-state index contributed by atoms with van der Waals surface area (Å²) in [7, 11) is 0. The lowest BCUT2D eigenvalue weighted by Crippen LogP contribution is -2.36. The summed E-state index contributed by atoms with van der Waals surface area (Å²) in [4.78, 5) is 11.2. The number of nitrogens with one attached hydrogen (secondary N) is 1. The molecule has 0 bridgehead atoms. The molecular weight excluding hydrogens is 236 g/mol. The van der Waals surface area contributed by atoms with E-state index in [4.69, 9.17) is 0 Å². The van der Waals surface area contributed by atoms with Gasteiger partial charge in [0.05, 0.1) is 5.69 Å². The Kier molecular flexibility index (Phi) is 5.73. The molecule has 0 aromatic carbocycles. The van der Waals surface area contributed by atoms with Gasteiger partial charge in [0.25, 0.3) is 0 Å². The second kappa shape index (κ2) is 7.56. The predicted molar refractivity (Wildman–Crippen MR) is 77.9 cm³/mol. The first-order valence-corrected chi connectivity index (χ1v) is 7.49. The highest BCUT2D eigenvalue weighted by Gasteiger charge is 2.17. The summed E-state index contributed by atoms with van der Waals surface area (Å²) < 4.78 is 0. The molecule has 19 heavy (non-hydrogen) atoms. The first-order chi connectivity index (χ1) is 9.28. The largest absolute Gasteiger partial charge is 0.317 e. The number of aromatic nitrogens is 2. The third-order valence-electron chi connectivity index (χ3n) is 3.73. The van der Waals surface area contributed by atoms with E-state index in [0.29, 0.717) is 0 Å². The van der Waals surface area contributed by atoms with Crippen LogP contribution in [0.2, 0.25) is 0 Å². The lowest BCUT2D eigenvalue weighted by molar-refractivity contribution is 0.197. The van der Waals surface area contributed by atoms with Crippen molar-refractivity contribution < 1.29 is 0 Å². The Balaban J connectivity index is 1.91. The fraction of sp³-hybridized carbons (Fsp3) is 0.733. The minimum atomic E-state index is 0.843. The van der Waals surface area contributed by atoms with Crippen molar-refractivity contribution in [1.29, 1.82) is 0 Å². The summed E-state index contributed by atoms with van der Waals surface area (Å²) >= 11 is 0.